The van der Waals surface area contributed by atoms with Crippen molar-refractivity contribution in [2.45, 2.75) is 32.5 Å². The van der Waals surface area contributed by atoms with Crippen molar-refractivity contribution in [2.24, 2.45) is 5.92 Å². The standard InChI is InChI=1S/C13H19F3N4O/c1-9-11(6-18-19-9)5-17-12(21)10-3-2-4-20(7-10)8-13(14,15)16/h6,10H,2-5,7-8H2,1H3,(H,17,21)(H,18,19). The van der Waals surface area contributed by atoms with Gasteiger partial charge in [0, 0.05) is 24.3 Å². The van der Waals surface area contributed by atoms with E-state index in [9.17, 15) is 18.0 Å². The minimum Gasteiger partial charge on any atom is -0.352 e. The van der Waals surface area contributed by atoms with E-state index >= 15 is 0 Å². The van der Waals surface area contributed by atoms with Crippen molar-refractivity contribution in [2.75, 3.05) is 19.6 Å². The highest BCUT2D eigenvalue weighted by atomic mass is 19.4. The Kier molecular flexibility index (Phi) is 4.87. The number of H-pyrrole nitrogens is 1. The molecule has 5 nitrogen and oxygen atoms in total. The van der Waals surface area contributed by atoms with Gasteiger partial charge in [0.25, 0.3) is 0 Å². The van der Waals surface area contributed by atoms with Crippen LogP contribution in [-0.2, 0) is 11.3 Å². The quantitative estimate of drug-likeness (QED) is 0.888. The molecule has 0 aromatic carbocycles. The Morgan fingerprint density at radius 3 is 2.95 bits per heavy atom. The molecule has 0 bridgehead atoms. The van der Waals surface area contributed by atoms with Crippen molar-refractivity contribution in [1.29, 1.82) is 0 Å². The van der Waals surface area contributed by atoms with Gasteiger partial charge in [-0.15, -0.1) is 0 Å². The molecule has 21 heavy (non-hydrogen) atoms. The molecule has 0 aliphatic carbocycles. The Morgan fingerprint density at radius 1 is 1.57 bits per heavy atom. The molecule has 1 aliphatic heterocycles. The first-order chi connectivity index (χ1) is 9.85. The summed E-state index contributed by atoms with van der Waals surface area (Å²) >= 11 is 0. The zero-order chi connectivity index (χ0) is 15.5. The van der Waals surface area contributed by atoms with Gasteiger partial charge in [0.05, 0.1) is 18.7 Å². The van der Waals surface area contributed by atoms with Crippen molar-refractivity contribution in [1.82, 2.24) is 20.4 Å². The molecule has 1 atom stereocenters. The Balaban J connectivity index is 1.83. The van der Waals surface area contributed by atoms with Crippen molar-refractivity contribution in [3.63, 3.8) is 0 Å². The molecule has 2 N–H and O–H groups in total. The van der Waals surface area contributed by atoms with Crippen LogP contribution in [-0.4, -0.2) is 46.8 Å². The SMILES string of the molecule is Cc1[nH]ncc1CNC(=O)C1CCCN(CC(F)(F)F)C1. The molecule has 1 saturated heterocycles. The summed E-state index contributed by atoms with van der Waals surface area (Å²) in [6, 6.07) is 0. The van der Waals surface area contributed by atoms with Crippen molar-refractivity contribution in [3.8, 4) is 0 Å². The van der Waals surface area contributed by atoms with Gasteiger partial charge in [-0.2, -0.15) is 18.3 Å². The maximum Gasteiger partial charge on any atom is 0.401 e. The number of alkyl halides is 3. The van der Waals surface area contributed by atoms with E-state index in [1.165, 1.54) is 4.90 Å². The van der Waals surface area contributed by atoms with Gasteiger partial charge in [-0.3, -0.25) is 14.8 Å². The molecular formula is C13H19F3N4O. The molecular weight excluding hydrogens is 285 g/mol. The lowest BCUT2D eigenvalue weighted by molar-refractivity contribution is -0.152. The predicted molar refractivity (Wildman–Crippen MR) is 70.4 cm³/mol. The van der Waals surface area contributed by atoms with Crippen molar-refractivity contribution in [3.05, 3.63) is 17.5 Å². The number of hydrogen-bond acceptors (Lipinski definition) is 3. The van der Waals surface area contributed by atoms with Gasteiger partial charge in [0.2, 0.25) is 5.91 Å². The highest BCUT2D eigenvalue weighted by Crippen LogP contribution is 2.22. The number of hydrogen-bond donors (Lipinski definition) is 2. The highest BCUT2D eigenvalue weighted by molar-refractivity contribution is 5.79. The summed E-state index contributed by atoms with van der Waals surface area (Å²) in [6.07, 6.45) is -1.35. The molecule has 1 unspecified atom stereocenters. The van der Waals surface area contributed by atoms with Crippen LogP contribution < -0.4 is 5.32 Å². The molecule has 1 amide bonds. The zero-order valence-corrected chi connectivity index (χ0v) is 11.8. The molecule has 2 rings (SSSR count). The van der Waals surface area contributed by atoms with Crippen LogP contribution in [0.2, 0.25) is 0 Å². The lowest BCUT2D eigenvalue weighted by Crippen LogP contribution is -2.45. The van der Waals surface area contributed by atoms with Crippen LogP contribution in [0.15, 0.2) is 6.20 Å². The molecule has 1 aromatic rings. The van der Waals surface area contributed by atoms with Crippen LogP contribution in [0.1, 0.15) is 24.1 Å². The Bertz CT molecular complexity index is 486. The van der Waals surface area contributed by atoms with E-state index in [-0.39, 0.29) is 18.4 Å². The number of rotatable bonds is 4. The third kappa shape index (κ3) is 4.73. The fourth-order valence-electron chi connectivity index (χ4n) is 2.55. The van der Waals surface area contributed by atoms with Crippen molar-refractivity contribution >= 4 is 5.91 Å². The average Bonchev–Trinajstić information content (AvgIpc) is 2.80. The topological polar surface area (TPSA) is 61.0 Å². The molecule has 0 saturated carbocycles. The number of aryl methyl sites for hydroxylation is 1. The number of halogens is 3. The smallest absolute Gasteiger partial charge is 0.352 e. The number of amides is 1. The van der Waals surface area contributed by atoms with Crippen LogP contribution in [0.25, 0.3) is 0 Å². The number of likely N-dealkylation sites (tertiary alicyclic amines) is 1. The fraction of sp³-hybridized carbons (Fsp3) is 0.692. The van der Waals surface area contributed by atoms with Crippen LogP contribution >= 0.6 is 0 Å². The average molecular weight is 304 g/mol. The van der Waals surface area contributed by atoms with E-state index in [4.69, 9.17) is 0 Å². The van der Waals surface area contributed by atoms with Crippen LogP contribution in [0.3, 0.4) is 0 Å². The summed E-state index contributed by atoms with van der Waals surface area (Å²) in [5.74, 6) is -0.573. The number of aromatic amines is 1. The predicted octanol–water partition coefficient (Wildman–Crippen LogP) is 1.61. The second-order valence-electron chi connectivity index (χ2n) is 5.43. The van der Waals surface area contributed by atoms with Gasteiger partial charge in [0.15, 0.2) is 0 Å². The first-order valence-corrected chi connectivity index (χ1v) is 6.91. The number of piperidine rings is 1. The summed E-state index contributed by atoms with van der Waals surface area (Å²) in [5, 5.41) is 9.40. The number of nitrogens with zero attached hydrogens (tertiary/aromatic N) is 2. The third-order valence-electron chi connectivity index (χ3n) is 3.67. The monoisotopic (exact) mass is 304 g/mol. The summed E-state index contributed by atoms with van der Waals surface area (Å²) in [5.41, 5.74) is 1.75. The highest BCUT2D eigenvalue weighted by Gasteiger charge is 2.34. The van der Waals surface area contributed by atoms with Gasteiger partial charge in [-0.1, -0.05) is 0 Å². The number of carbonyl (C=O) groups excluding carboxylic acids is 1. The first-order valence-electron chi connectivity index (χ1n) is 6.91. The number of nitrogens with one attached hydrogen (secondary N) is 2. The summed E-state index contributed by atoms with van der Waals surface area (Å²) < 4.78 is 37.2. The molecule has 1 aromatic heterocycles. The van der Waals surface area contributed by atoms with E-state index in [0.29, 0.717) is 25.9 Å². The Hall–Kier alpha value is -1.57. The second kappa shape index (κ2) is 6.46. The first kappa shape index (κ1) is 15.8. The van der Waals surface area contributed by atoms with Crippen LogP contribution in [0, 0.1) is 12.8 Å². The molecule has 118 valence electrons. The Morgan fingerprint density at radius 2 is 2.33 bits per heavy atom. The molecule has 1 aliphatic rings. The number of carbonyl (C=O) groups is 1. The van der Waals surface area contributed by atoms with E-state index < -0.39 is 12.7 Å². The zero-order valence-electron chi connectivity index (χ0n) is 11.8. The normalized spacial score (nSPS) is 20.5. The Labute approximate surface area is 120 Å². The molecule has 0 spiro atoms. The summed E-state index contributed by atoms with van der Waals surface area (Å²) in [7, 11) is 0. The lowest BCUT2D eigenvalue weighted by atomic mass is 9.97. The maximum absolute atomic E-state index is 12.4. The maximum atomic E-state index is 12.4. The second-order valence-corrected chi connectivity index (χ2v) is 5.43. The largest absolute Gasteiger partial charge is 0.401 e. The van der Waals surface area contributed by atoms with E-state index in [1.54, 1.807) is 6.20 Å². The third-order valence-corrected chi connectivity index (χ3v) is 3.67. The molecule has 2 heterocycles. The molecule has 0 radical (unpaired) electrons. The van der Waals surface area contributed by atoms with E-state index in [1.807, 2.05) is 6.92 Å². The van der Waals surface area contributed by atoms with Gasteiger partial charge in [-0.25, -0.2) is 0 Å². The molecule has 1 fully saturated rings. The van der Waals surface area contributed by atoms with Crippen LogP contribution in [0.4, 0.5) is 13.2 Å². The lowest BCUT2D eigenvalue weighted by Gasteiger charge is -2.32. The van der Waals surface area contributed by atoms with Gasteiger partial charge >= 0.3 is 6.18 Å². The summed E-state index contributed by atoms with van der Waals surface area (Å²) in [4.78, 5) is 13.4. The van der Waals surface area contributed by atoms with Gasteiger partial charge in [-0.05, 0) is 26.3 Å². The van der Waals surface area contributed by atoms with Crippen LogP contribution in [0.5, 0.6) is 0 Å². The van der Waals surface area contributed by atoms with E-state index in [0.717, 1.165) is 11.3 Å². The van der Waals surface area contributed by atoms with E-state index in [2.05, 4.69) is 15.5 Å². The summed E-state index contributed by atoms with van der Waals surface area (Å²) in [6.45, 7) is 1.80. The number of aromatic nitrogens is 2. The fourth-order valence-corrected chi connectivity index (χ4v) is 2.55. The minimum absolute atomic E-state index is 0.162. The minimum atomic E-state index is -4.22. The van der Waals surface area contributed by atoms with Gasteiger partial charge < -0.3 is 5.32 Å². The molecule has 8 heteroatoms. The van der Waals surface area contributed by atoms with Gasteiger partial charge in [0.1, 0.15) is 0 Å². The van der Waals surface area contributed by atoms with Crippen molar-refractivity contribution < 1.29 is 18.0 Å².